The lowest BCUT2D eigenvalue weighted by Gasteiger charge is -2.37. The number of benzene rings is 1. The summed E-state index contributed by atoms with van der Waals surface area (Å²) >= 11 is 0. The van der Waals surface area contributed by atoms with Crippen LogP contribution in [0, 0.1) is 5.92 Å². The van der Waals surface area contributed by atoms with Gasteiger partial charge in [-0.1, -0.05) is 30.3 Å². The van der Waals surface area contributed by atoms with Gasteiger partial charge in [0.15, 0.2) is 0 Å². The summed E-state index contributed by atoms with van der Waals surface area (Å²) < 4.78 is 0. The Kier molecular flexibility index (Phi) is 2.70. The molecule has 1 aliphatic heterocycles. The first-order valence-electron chi connectivity index (χ1n) is 6.36. The number of rotatable bonds is 2. The summed E-state index contributed by atoms with van der Waals surface area (Å²) in [5.74, 6) is 0.803. The predicted octanol–water partition coefficient (Wildman–Crippen LogP) is 2.00. The maximum Gasteiger partial charge on any atom is 0.0237 e. The van der Waals surface area contributed by atoms with E-state index in [1.54, 1.807) is 0 Å². The highest BCUT2D eigenvalue weighted by Crippen LogP contribution is 2.36. The number of hydrogen-bond acceptors (Lipinski definition) is 2. The molecule has 3 atom stereocenters. The van der Waals surface area contributed by atoms with Crippen molar-refractivity contribution in [1.82, 2.24) is 4.90 Å². The van der Waals surface area contributed by atoms with E-state index < -0.39 is 0 Å². The van der Waals surface area contributed by atoms with Gasteiger partial charge >= 0.3 is 0 Å². The van der Waals surface area contributed by atoms with E-state index >= 15 is 0 Å². The molecule has 16 heavy (non-hydrogen) atoms. The number of hydrogen-bond donors (Lipinski definition) is 1. The molecule has 86 valence electrons. The van der Waals surface area contributed by atoms with Gasteiger partial charge in [0.25, 0.3) is 0 Å². The Labute approximate surface area is 97.4 Å². The van der Waals surface area contributed by atoms with Gasteiger partial charge in [-0.25, -0.2) is 0 Å². The fraction of sp³-hybridized carbons (Fsp3) is 0.571. The van der Waals surface area contributed by atoms with Crippen LogP contribution in [0.15, 0.2) is 30.3 Å². The quantitative estimate of drug-likeness (QED) is 0.819. The second-order valence-electron chi connectivity index (χ2n) is 5.31. The minimum absolute atomic E-state index is 0.405. The summed E-state index contributed by atoms with van der Waals surface area (Å²) in [6.45, 7) is 2.16. The molecule has 1 aliphatic carbocycles. The summed E-state index contributed by atoms with van der Waals surface area (Å²) in [6, 6.07) is 12.0. The highest BCUT2D eigenvalue weighted by molar-refractivity contribution is 5.15. The van der Waals surface area contributed by atoms with Crippen LogP contribution >= 0.6 is 0 Å². The van der Waals surface area contributed by atoms with Gasteiger partial charge in [0, 0.05) is 25.2 Å². The Balaban J connectivity index is 1.71. The molecule has 1 saturated heterocycles. The maximum atomic E-state index is 6.22. The van der Waals surface area contributed by atoms with Crippen molar-refractivity contribution in [3.63, 3.8) is 0 Å². The SMILES string of the molecule is NC1CN(Cc2ccccc2)C2CCC1C2. The van der Waals surface area contributed by atoms with E-state index in [-0.39, 0.29) is 0 Å². The van der Waals surface area contributed by atoms with Crippen LogP contribution in [0.1, 0.15) is 24.8 Å². The first-order valence-corrected chi connectivity index (χ1v) is 6.36. The van der Waals surface area contributed by atoms with Gasteiger partial charge in [0.2, 0.25) is 0 Å². The minimum Gasteiger partial charge on any atom is -0.326 e. The van der Waals surface area contributed by atoms with E-state index in [4.69, 9.17) is 5.73 Å². The Morgan fingerprint density at radius 1 is 1.19 bits per heavy atom. The van der Waals surface area contributed by atoms with E-state index in [0.29, 0.717) is 6.04 Å². The van der Waals surface area contributed by atoms with Gasteiger partial charge in [-0.3, -0.25) is 4.90 Å². The average Bonchev–Trinajstić information content (AvgIpc) is 2.73. The largest absolute Gasteiger partial charge is 0.326 e. The molecule has 1 saturated carbocycles. The number of fused-ring (bicyclic) bond motifs is 2. The van der Waals surface area contributed by atoms with Gasteiger partial charge in [-0.2, -0.15) is 0 Å². The summed E-state index contributed by atoms with van der Waals surface area (Å²) in [5, 5.41) is 0. The molecule has 0 amide bonds. The molecule has 2 bridgehead atoms. The molecule has 3 rings (SSSR count). The molecule has 0 spiro atoms. The van der Waals surface area contributed by atoms with Crippen LogP contribution in [0.4, 0.5) is 0 Å². The lowest BCUT2D eigenvalue weighted by molar-refractivity contribution is 0.131. The van der Waals surface area contributed by atoms with Crippen LogP contribution in [-0.2, 0) is 6.54 Å². The van der Waals surface area contributed by atoms with Crippen LogP contribution < -0.4 is 5.73 Å². The third-order valence-electron chi connectivity index (χ3n) is 4.24. The summed E-state index contributed by atoms with van der Waals surface area (Å²) in [6.07, 6.45) is 4.02. The highest BCUT2D eigenvalue weighted by Gasteiger charge is 2.38. The van der Waals surface area contributed by atoms with E-state index in [1.165, 1.54) is 24.8 Å². The third-order valence-corrected chi connectivity index (χ3v) is 4.24. The summed E-state index contributed by atoms with van der Waals surface area (Å²) in [7, 11) is 0. The van der Waals surface area contributed by atoms with Crippen molar-refractivity contribution >= 4 is 0 Å². The molecule has 1 aromatic rings. The maximum absolute atomic E-state index is 6.22. The lowest BCUT2D eigenvalue weighted by Crippen LogP contribution is -2.48. The Bertz CT molecular complexity index is 349. The molecule has 1 heterocycles. The lowest BCUT2D eigenvalue weighted by atomic mass is 9.94. The molecule has 2 nitrogen and oxygen atoms in total. The van der Waals surface area contributed by atoms with Gasteiger partial charge < -0.3 is 5.73 Å². The van der Waals surface area contributed by atoms with Crippen molar-refractivity contribution in [2.45, 2.75) is 37.9 Å². The molecular formula is C14H20N2. The van der Waals surface area contributed by atoms with Gasteiger partial charge in [0.05, 0.1) is 0 Å². The zero-order valence-electron chi connectivity index (χ0n) is 9.68. The number of nitrogens with two attached hydrogens (primary N) is 1. The molecule has 2 fully saturated rings. The average molecular weight is 216 g/mol. The fourth-order valence-electron chi connectivity index (χ4n) is 3.29. The molecule has 2 N–H and O–H groups in total. The minimum atomic E-state index is 0.405. The third kappa shape index (κ3) is 1.87. The molecule has 3 unspecified atom stereocenters. The molecule has 0 aromatic heterocycles. The molecular weight excluding hydrogens is 196 g/mol. The van der Waals surface area contributed by atoms with Crippen molar-refractivity contribution in [2.75, 3.05) is 6.54 Å². The Hall–Kier alpha value is -0.860. The number of likely N-dealkylation sites (tertiary alicyclic amines) is 1. The second-order valence-corrected chi connectivity index (χ2v) is 5.31. The van der Waals surface area contributed by atoms with Crippen molar-refractivity contribution in [3.05, 3.63) is 35.9 Å². The van der Waals surface area contributed by atoms with Crippen LogP contribution in [-0.4, -0.2) is 23.5 Å². The van der Waals surface area contributed by atoms with E-state index in [2.05, 4.69) is 35.2 Å². The summed E-state index contributed by atoms with van der Waals surface area (Å²) in [5.41, 5.74) is 7.64. The van der Waals surface area contributed by atoms with Gasteiger partial charge in [0.1, 0.15) is 0 Å². The van der Waals surface area contributed by atoms with Crippen molar-refractivity contribution < 1.29 is 0 Å². The first-order chi connectivity index (χ1) is 7.83. The number of piperidine rings is 1. The monoisotopic (exact) mass is 216 g/mol. The van der Waals surface area contributed by atoms with Crippen molar-refractivity contribution in [2.24, 2.45) is 11.7 Å². The zero-order valence-corrected chi connectivity index (χ0v) is 9.68. The Morgan fingerprint density at radius 3 is 2.81 bits per heavy atom. The van der Waals surface area contributed by atoms with Gasteiger partial charge in [-0.15, -0.1) is 0 Å². The van der Waals surface area contributed by atoms with E-state index in [0.717, 1.165) is 25.0 Å². The molecule has 0 radical (unpaired) electrons. The Morgan fingerprint density at radius 2 is 2.00 bits per heavy atom. The topological polar surface area (TPSA) is 29.3 Å². The highest BCUT2D eigenvalue weighted by atomic mass is 15.2. The molecule has 2 aliphatic rings. The zero-order chi connectivity index (χ0) is 11.0. The number of nitrogens with zero attached hydrogens (tertiary/aromatic N) is 1. The van der Waals surface area contributed by atoms with Crippen LogP contribution in [0.25, 0.3) is 0 Å². The standard InChI is InChI=1S/C14H20N2/c15-14-10-16(13-7-6-12(14)8-13)9-11-4-2-1-3-5-11/h1-5,12-14H,6-10,15H2. The van der Waals surface area contributed by atoms with E-state index in [1.807, 2.05) is 0 Å². The second kappa shape index (κ2) is 4.19. The predicted molar refractivity (Wildman–Crippen MR) is 66.0 cm³/mol. The normalized spacial score (nSPS) is 34.2. The van der Waals surface area contributed by atoms with Crippen molar-refractivity contribution in [3.8, 4) is 0 Å². The van der Waals surface area contributed by atoms with Crippen LogP contribution in [0.3, 0.4) is 0 Å². The summed E-state index contributed by atoms with van der Waals surface area (Å²) in [4.78, 5) is 2.59. The van der Waals surface area contributed by atoms with Gasteiger partial charge in [-0.05, 0) is 30.7 Å². The van der Waals surface area contributed by atoms with Crippen LogP contribution in [0.2, 0.25) is 0 Å². The van der Waals surface area contributed by atoms with Crippen LogP contribution in [0.5, 0.6) is 0 Å². The van der Waals surface area contributed by atoms with E-state index in [9.17, 15) is 0 Å². The fourth-order valence-corrected chi connectivity index (χ4v) is 3.29. The van der Waals surface area contributed by atoms with Crippen molar-refractivity contribution in [1.29, 1.82) is 0 Å². The smallest absolute Gasteiger partial charge is 0.0237 e. The molecule has 2 heteroatoms. The first kappa shape index (κ1) is 10.3. The molecule has 1 aromatic carbocycles.